The van der Waals surface area contributed by atoms with E-state index in [4.69, 9.17) is 0 Å². The van der Waals surface area contributed by atoms with Crippen molar-refractivity contribution in [2.24, 2.45) is 0 Å². The van der Waals surface area contributed by atoms with Crippen LogP contribution in [0.15, 0.2) is 18.2 Å². The minimum absolute atomic E-state index is 0.146. The molecule has 5 rings (SSSR count). The molecule has 1 atom stereocenters. The van der Waals surface area contributed by atoms with Crippen LogP contribution in [0.3, 0.4) is 0 Å². The predicted molar refractivity (Wildman–Crippen MR) is 101 cm³/mol. The SMILES string of the molecule is Cc1cc(C(F)(F)F)n2nc(C3CCCN(C(=O)c4cc(C5CC5)[nH]n4)C3)cc2n1. The lowest BCUT2D eigenvalue weighted by atomic mass is 9.94. The van der Waals surface area contributed by atoms with Gasteiger partial charge in [0.2, 0.25) is 0 Å². The molecular weight excluding hydrogens is 397 g/mol. The second-order valence-electron chi connectivity index (χ2n) is 8.19. The molecule has 0 aromatic carbocycles. The number of aromatic nitrogens is 5. The van der Waals surface area contributed by atoms with Crippen LogP contribution in [-0.4, -0.2) is 48.7 Å². The smallest absolute Gasteiger partial charge is 0.337 e. The number of alkyl halides is 3. The molecule has 30 heavy (non-hydrogen) atoms. The number of fused-ring (bicyclic) bond motifs is 1. The van der Waals surface area contributed by atoms with E-state index in [-0.39, 0.29) is 23.2 Å². The summed E-state index contributed by atoms with van der Waals surface area (Å²) < 4.78 is 41.1. The number of rotatable bonds is 3. The fourth-order valence-electron chi connectivity index (χ4n) is 4.13. The monoisotopic (exact) mass is 418 g/mol. The van der Waals surface area contributed by atoms with Crippen molar-refractivity contribution in [1.82, 2.24) is 29.7 Å². The highest BCUT2D eigenvalue weighted by Gasteiger charge is 2.36. The second kappa shape index (κ2) is 6.82. The summed E-state index contributed by atoms with van der Waals surface area (Å²) in [6, 6.07) is 4.41. The van der Waals surface area contributed by atoms with Gasteiger partial charge in [0.25, 0.3) is 5.91 Å². The summed E-state index contributed by atoms with van der Waals surface area (Å²) in [5.74, 6) is 0.175. The fraction of sp³-hybridized carbons (Fsp3) is 0.500. The molecule has 0 radical (unpaired) electrons. The average Bonchev–Trinajstić information content (AvgIpc) is 3.28. The molecule has 1 amide bonds. The van der Waals surface area contributed by atoms with Crippen molar-refractivity contribution in [1.29, 1.82) is 0 Å². The molecule has 0 spiro atoms. The summed E-state index contributed by atoms with van der Waals surface area (Å²) in [6.07, 6.45) is -0.792. The Morgan fingerprint density at radius 2 is 1.97 bits per heavy atom. The van der Waals surface area contributed by atoms with Gasteiger partial charge < -0.3 is 4.90 Å². The molecule has 3 aromatic rings. The molecule has 1 saturated carbocycles. The standard InChI is InChI=1S/C20H21F3N6O/c1-11-7-17(20(21,22)23)29-18(24-11)9-15(27-29)13-3-2-6-28(10-13)19(30)16-8-14(25-26-16)12-4-5-12/h7-9,12-13H,2-6,10H2,1H3,(H,25,26). The number of nitrogens with zero attached hydrogens (tertiary/aromatic N) is 5. The Kier molecular flexibility index (Phi) is 4.33. The highest BCUT2D eigenvalue weighted by Crippen LogP contribution is 2.39. The molecule has 2 aliphatic rings. The quantitative estimate of drug-likeness (QED) is 0.704. The third-order valence-corrected chi connectivity index (χ3v) is 5.83. The van der Waals surface area contributed by atoms with Crippen LogP contribution in [0.1, 0.15) is 70.8 Å². The zero-order valence-electron chi connectivity index (χ0n) is 16.4. The Hall–Kier alpha value is -2.91. The van der Waals surface area contributed by atoms with Gasteiger partial charge in [0, 0.05) is 42.4 Å². The van der Waals surface area contributed by atoms with Crippen molar-refractivity contribution in [2.45, 2.75) is 50.6 Å². The maximum Gasteiger partial charge on any atom is 0.433 e. The first kappa shape index (κ1) is 19.1. The van der Waals surface area contributed by atoms with Crippen LogP contribution in [0.4, 0.5) is 13.2 Å². The molecule has 2 fully saturated rings. The fourth-order valence-corrected chi connectivity index (χ4v) is 4.13. The Morgan fingerprint density at radius 1 is 1.17 bits per heavy atom. The predicted octanol–water partition coefficient (Wildman–Crippen LogP) is 3.68. The van der Waals surface area contributed by atoms with Crippen molar-refractivity contribution in [3.05, 3.63) is 46.7 Å². The lowest BCUT2D eigenvalue weighted by Gasteiger charge is -2.31. The van der Waals surface area contributed by atoms with Crippen molar-refractivity contribution in [3.8, 4) is 0 Å². The summed E-state index contributed by atoms with van der Waals surface area (Å²) >= 11 is 0. The number of aromatic amines is 1. The largest absolute Gasteiger partial charge is 0.433 e. The van der Waals surface area contributed by atoms with Crippen molar-refractivity contribution in [3.63, 3.8) is 0 Å². The first-order valence-corrected chi connectivity index (χ1v) is 10.1. The summed E-state index contributed by atoms with van der Waals surface area (Å²) in [4.78, 5) is 18.8. The van der Waals surface area contributed by atoms with E-state index in [9.17, 15) is 18.0 Å². The minimum Gasteiger partial charge on any atom is -0.337 e. The van der Waals surface area contributed by atoms with Gasteiger partial charge >= 0.3 is 6.18 Å². The lowest BCUT2D eigenvalue weighted by Crippen LogP contribution is -2.39. The van der Waals surface area contributed by atoms with Crippen LogP contribution >= 0.6 is 0 Å². The number of hydrogen-bond donors (Lipinski definition) is 1. The number of carbonyl (C=O) groups is 1. The lowest BCUT2D eigenvalue weighted by molar-refractivity contribution is -0.142. The molecule has 1 unspecified atom stereocenters. The topological polar surface area (TPSA) is 79.2 Å². The molecule has 4 heterocycles. The number of hydrogen-bond acceptors (Lipinski definition) is 4. The van der Waals surface area contributed by atoms with Gasteiger partial charge in [-0.25, -0.2) is 9.50 Å². The van der Waals surface area contributed by atoms with Gasteiger partial charge in [-0.15, -0.1) is 0 Å². The van der Waals surface area contributed by atoms with Crippen molar-refractivity contribution >= 4 is 11.6 Å². The number of piperidine rings is 1. The van der Waals surface area contributed by atoms with Gasteiger partial charge in [0.15, 0.2) is 5.65 Å². The van der Waals surface area contributed by atoms with Crippen molar-refractivity contribution < 1.29 is 18.0 Å². The summed E-state index contributed by atoms with van der Waals surface area (Å²) in [6.45, 7) is 2.52. The molecular formula is C20H21F3N6O. The summed E-state index contributed by atoms with van der Waals surface area (Å²) in [5.41, 5.74) is 1.52. The normalized spacial score (nSPS) is 20.1. The highest BCUT2D eigenvalue weighted by molar-refractivity contribution is 5.92. The van der Waals surface area contributed by atoms with Gasteiger partial charge in [-0.1, -0.05) is 0 Å². The molecule has 1 N–H and O–H groups in total. The maximum atomic E-state index is 13.4. The van der Waals surface area contributed by atoms with Gasteiger partial charge in [-0.3, -0.25) is 9.89 Å². The van der Waals surface area contributed by atoms with E-state index in [1.54, 1.807) is 11.0 Å². The number of aryl methyl sites for hydroxylation is 1. The molecule has 7 nitrogen and oxygen atoms in total. The van der Waals surface area contributed by atoms with Crippen molar-refractivity contribution in [2.75, 3.05) is 13.1 Å². The van der Waals surface area contributed by atoms with Gasteiger partial charge in [-0.2, -0.15) is 23.4 Å². The summed E-state index contributed by atoms with van der Waals surface area (Å²) in [5, 5.41) is 11.3. The van der Waals surface area contributed by atoms with Crippen LogP contribution < -0.4 is 0 Å². The molecule has 1 saturated heterocycles. The van der Waals surface area contributed by atoms with E-state index in [1.165, 1.54) is 6.92 Å². The third kappa shape index (κ3) is 3.44. The molecule has 158 valence electrons. The molecule has 0 bridgehead atoms. The highest BCUT2D eigenvalue weighted by atomic mass is 19.4. The van der Waals surface area contributed by atoms with Gasteiger partial charge in [-0.05, 0) is 44.7 Å². The van der Waals surface area contributed by atoms with E-state index in [2.05, 4.69) is 20.3 Å². The van der Waals surface area contributed by atoms with Crippen LogP contribution in [0.25, 0.3) is 5.65 Å². The first-order valence-electron chi connectivity index (χ1n) is 10.1. The van der Waals surface area contributed by atoms with Gasteiger partial charge in [0.05, 0.1) is 5.69 Å². The van der Waals surface area contributed by atoms with E-state index >= 15 is 0 Å². The van der Waals surface area contributed by atoms with E-state index in [1.807, 2.05) is 6.07 Å². The number of likely N-dealkylation sites (tertiary alicyclic amines) is 1. The zero-order chi connectivity index (χ0) is 21.0. The Bertz CT molecular complexity index is 1110. The van der Waals surface area contributed by atoms with E-state index < -0.39 is 11.9 Å². The Labute approximate surface area is 170 Å². The van der Waals surface area contributed by atoms with Crippen LogP contribution in [0.5, 0.6) is 0 Å². The van der Waals surface area contributed by atoms with E-state index in [0.29, 0.717) is 30.4 Å². The molecule has 1 aliphatic heterocycles. The number of halogens is 3. The summed E-state index contributed by atoms with van der Waals surface area (Å²) in [7, 11) is 0. The Balaban J connectivity index is 1.40. The van der Waals surface area contributed by atoms with Gasteiger partial charge in [0.1, 0.15) is 11.4 Å². The van der Waals surface area contributed by atoms with E-state index in [0.717, 1.165) is 42.0 Å². The number of carbonyl (C=O) groups excluding carboxylic acids is 1. The first-order chi connectivity index (χ1) is 14.3. The molecule has 3 aromatic heterocycles. The third-order valence-electron chi connectivity index (χ3n) is 5.83. The maximum absolute atomic E-state index is 13.4. The second-order valence-corrected chi connectivity index (χ2v) is 8.19. The minimum atomic E-state index is -4.52. The number of amides is 1. The molecule has 1 aliphatic carbocycles. The molecule has 10 heteroatoms. The zero-order valence-corrected chi connectivity index (χ0v) is 16.4. The number of nitrogens with one attached hydrogen (secondary N) is 1. The number of H-pyrrole nitrogens is 1. The Morgan fingerprint density at radius 3 is 2.70 bits per heavy atom. The van der Waals surface area contributed by atoms with Crippen LogP contribution in [0, 0.1) is 6.92 Å². The van der Waals surface area contributed by atoms with Crippen LogP contribution in [0.2, 0.25) is 0 Å². The average molecular weight is 418 g/mol. The van der Waals surface area contributed by atoms with Crippen LogP contribution in [-0.2, 0) is 6.18 Å².